The molecule has 0 aliphatic carbocycles. The summed E-state index contributed by atoms with van der Waals surface area (Å²) in [6.45, 7) is 3.29. The van der Waals surface area contributed by atoms with Crippen LogP contribution < -0.4 is 0 Å². The highest BCUT2D eigenvalue weighted by Crippen LogP contribution is 2.43. The van der Waals surface area contributed by atoms with Crippen molar-refractivity contribution < 1.29 is 45.5 Å². The molecular weight excluding hydrogens is 556 g/mol. The molecule has 0 spiro atoms. The van der Waals surface area contributed by atoms with Crippen LogP contribution in [-0.4, -0.2) is 65.9 Å². The molecule has 4 unspecified atom stereocenters. The Labute approximate surface area is 232 Å². The summed E-state index contributed by atoms with van der Waals surface area (Å²) in [6.07, 6.45) is -9.98. The summed E-state index contributed by atoms with van der Waals surface area (Å²) in [5.41, 5.74) is -1.78. The van der Waals surface area contributed by atoms with E-state index in [0.717, 1.165) is 10.5 Å². The Balaban J connectivity index is 1.72. The first-order valence-electron chi connectivity index (χ1n) is 12.8. The van der Waals surface area contributed by atoms with Gasteiger partial charge in [0, 0.05) is 20.1 Å². The average molecular weight is 586 g/mol. The maximum atomic E-state index is 13.9. The van der Waals surface area contributed by atoms with Gasteiger partial charge in [-0.15, -0.1) is 0 Å². The molecule has 2 fully saturated rings. The number of methoxy groups -OCH3 is 1. The second-order valence-electron chi connectivity index (χ2n) is 10.3. The number of benzene rings is 2. The number of urea groups is 1. The van der Waals surface area contributed by atoms with E-state index in [1.165, 1.54) is 30.9 Å². The highest BCUT2D eigenvalue weighted by Gasteiger charge is 2.52. The van der Waals surface area contributed by atoms with Crippen LogP contribution in [0.25, 0.3) is 0 Å². The van der Waals surface area contributed by atoms with Gasteiger partial charge >= 0.3 is 24.4 Å². The van der Waals surface area contributed by atoms with E-state index in [1.807, 2.05) is 13.0 Å². The summed E-state index contributed by atoms with van der Waals surface area (Å²) in [7, 11) is 2.48. The molecule has 0 aromatic heterocycles. The van der Waals surface area contributed by atoms with Crippen molar-refractivity contribution in [1.82, 2.24) is 14.7 Å². The Morgan fingerprint density at radius 2 is 1.59 bits per heavy atom. The number of rotatable bonds is 4. The van der Waals surface area contributed by atoms with Gasteiger partial charge in [-0.1, -0.05) is 24.3 Å². The van der Waals surface area contributed by atoms with Gasteiger partial charge in [0.15, 0.2) is 0 Å². The van der Waals surface area contributed by atoms with E-state index >= 15 is 0 Å². The van der Waals surface area contributed by atoms with E-state index in [4.69, 9.17) is 4.74 Å². The lowest BCUT2D eigenvalue weighted by Crippen LogP contribution is -2.57. The van der Waals surface area contributed by atoms with Crippen LogP contribution in [0.1, 0.15) is 53.2 Å². The maximum Gasteiger partial charge on any atom is 0.416 e. The van der Waals surface area contributed by atoms with E-state index in [1.54, 1.807) is 18.2 Å². The van der Waals surface area contributed by atoms with E-state index in [9.17, 15) is 40.7 Å². The minimum Gasteiger partial charge on any atom is -0.468 e. The highest BCUT2D eigenvalue weighted by molar-refractivity contribution is 5.99. The number of carbonyl (C=O) groups excluding carboxylic acids is 3. The van der Waals surface area contributed by atoms with Crippen LogP contribution in [-0.2, 0) is 26.7 Å². The number of alkyl halides is 6. The summed E-state index contributed by atoms with van der Waals surface area (Å²) in [6, 6.07) is 5.27. The number of nitrogens with zero attached hydrogens (tertiary/aromatic N) is 3. The number of hydrogen-bond acceptors (Lipinski definition) is 4. The Morgan fingerprint density at radius 3 is 2.12 bits per heavy atom. The molecule has 4 rings (SSSR count). The molecule has 0 radical (unpaired) electrons. The molecule has 3 amide bonds. The normalized spacial score (nSPS) is 21.9. The molecule has 2 aromatic carbocycles. The van der Waals surface area contributed by atoms with Crippen molar-refractivity contribution in [2.45, 2.75) is 50.7 Å². The topological polar surface area (TPSA) is 70.2 Å². The molecule has 2 aliphatic rings. The van der Waals surface area contributed by atoms with Crippen molar-refractivity contribution in [3.05, 3.63) is 70.3 Å². The molecule has 222 valence electrons. The largest absolute Gasteiger partial charge is 0.468 e. The lowest BCUT2D eigenvalue weighted by atomic mass is 9.89. The first-order chi connectivity index (χ1) is 19.1. The molecule has 2 saturated heterocycles. The zero-order valence-corrected chi connectivity index (χ0v) is 22.7. The third-order valence-corrected chi connectivity index (χ3v) is 7.95. The lowest BCUT2D eigenvalue weighted by molar-refractivity contribution is -0.151. The van der Waals surface area contributed by atoms with Gasteiger partial charge in [0.1, 0.15) is 5.92 Å². The van der Waals surface area contributed by atoms with Gasteiger partial charge in [-0.2, -0.15) is 26.3 Å². The summed E-state index contributed by atoms with van der Waals surface area (Å²) in [5, 5.41) is 0. The van der Waals surface area contributed by atoms with Gasteiger partial charge in [0.05, 0.1) is 36.4 Å². The van der Waals surface area contributed by atoms with E-state index in [2.05, 4.69) is 0 Å². The predicted molar refractivity (Wildman–Crippen MR) is 134 cm³/mol. The number of amides is 3. The van der Waals surface area contributed by atoms with E-state index < -0.39 is 65.4 Å². The highest BCUT2D eigenvalue weighted by atomic mass is 19.4. The average Bonchev–Trinajstić information content (AvgIpc) is 3.26. The van der Waals surface area contributed by atoms with Gasteiger partial charge in [0.2, 0.25) is 5.91 Å². The van der Waals surface area contributed by atoms with Crippen LogP contribution in [0, 0.1) is 12.8 Å². The molecule has 2 aromatic rings. The number of piperazine rings is 1. The smallest absolute Gasteiger partial charge is 0.416 e. The van der Waals surface area contributed by atoms with Crippen LogP contribution in [0.5, 0.6) is 0 Å². The fourth-order valence-electron chi connectivity index (χ4n) is 5.63. The number of esters is 1. The Morgan fingerprint density at radius 1 is 1.00 bits per heavy atom. The SMILES string of the molecule is COC(=O)C1CC2C(c3ccccc3C)N(C(=O)N(C)C(C)c3cc(C(F)(F)F)cc(C(F)(F)F)c3)CCN2C1=O. The fraction of sp³-hybridized carbons (Fsp3) is 0.464. The van der Waals surface area contributed by atoms with E-state index in [-0.39, 0.29) is 31.1 Å². The fourth-order valence-corrected chi connectivity index (χ4v) is 5.63. The summed E-state index contributed by atoms with van der Waals surface area (Å²) < 4.78 is 85.7. The maximum absolute atomic E-state index is 13.9. The molecule has 2 aliphatic heterocycles. The molecule has 41 heavy (non-hydrogen) atoms. The molecular formula is C28H29F6N3O4. The van der Waals surface area contributed by atoms with Crippen molar-refractivity contribution >= 4 is 17.9 Å². The monoisotopic (exact) mass is 585 g/mol. The van der Waals surface area contributed by atoms with Crippen molar-refractivity contribution in [2.75, 3.05) is 27.2 Å². The molecule has 0 saturated carbocycles. The number of hydrogen-bond donors (Lipinski definition) is 0. The lowest BCUT2D eigenvalue weighted by Gasteiger charge is -2.47. The zero-order chi connectivity index (χ0) is 30.4. The van der Waals surface area contributed by atoms with Crippen molar-refractivity contribution in [3.63, 3.8) is 0 Å². The molecule has 0 bridgehead atoms. The van der Waals surface area contributed by atoms with Gasteiger partial charge in [0.25, 0.3) is 0 Å². The molecule has 2 heterocycles. The van der Waals surface area contributed by atoms with E-state index in [0.29, 0.717) is 17.7 Å². The minimum atomic E-state index is -5.03. The number of carbonyl (C=O) groups is 3. The second-order valence-corrected chi connectivity index (χ2v) is 10.3. The van der Waals surface area contributed by atoms with Crippen LogP contribution in [0.4, 0.5) is 31.1 Å². The summed E-state index contributed by atoms with van der Waals surface area (Å²) in [5.74, 6) is -2.16. The number of fused-ring (bicyclic) bond motifs is 1. The van der Waals surface area contributed by atoms with Crippen LogP contribution in [0.2, 0.25) is 0 Å². The van der Waals surface area contributed by atoms with Gasteiger partial charge in [-0.3, -0.25) is 9.59 Å². The Bertz CT molecular complexity index is 1310. The quantitative estimate of drug-likeness (QED) is 0.267. The Kier molecular flexibility index (Phi) is 8.03. The second kappa shape index (κ2) is 10.9. The van der Waals surface area contributed by atoms with Crippen LogP contribution in [0.15, 0.2) is 42.5 Å². The van der Waals surface area contributed by atoms with Crippen molar-refractivity contribution in [1.29, 1.82) is 0 Å². The van der Waals surface area contributed by atoms with Crippen LogP contribution in [0.3, 0.4) is 0 Å². The summed E-state index contributed by atoms with van der Waals surface area (Å²) in [4.78, 5) is 43.4. The van der Waals surface area contributed by atoms with Crippen molar-refractivity contribution in [3.8, 4) is 0 Å². The molecule has 13 heteroatoms. The third kappa shape index (κ3) is 5.71. The first kappa shape index (κ1) is 30.2. The number of halogens is 6. The van der Waals surface area contributed by atoms with Crippen molar-refractivity contribution in [2.24, 2.45) is 5.92 Å². The number of ether oxygens (including phenoxy) is 1. The van der Waals surface area contributed by atoms with Crippen LogP contribution >= 0.6 is 0 Å². The van der Waals surface area contributed by atoms with Gasteiger partial charge < -0.3 is 19.4 Å². The van der Waals surface area contributed by atoms with Gasteiger partial charge in [-0.25, -0.2) is 4.79 Å². The molecule has 4 atom stereocenters. The van der Waals surface area contributed by atoms with Gasteiger partial charge in [-0.05, 0) is 55.2 Å². The predicted octanol–water partition coefficient (Wildman–Crippen LogP) is 5.59. The number of aryl methyl sites for hydroxylation is 1. The zero-order valence-electron chi connectivity index (χ0n) is 22.7. The standard InChI is InChI=1S/C28H29F6N3O4/c1-15-7-5-6-8-20(15)23-22-14-21(25(39)41-4)24(38)36(22)9-10-37(23)26(40)35(3)16(2)17-11-18(27(29,30)31)13-19(12-17)28(32,33)34/h5-8,11-13,16,21-23H,9-10,14H2,1-4H3. The minimum absolute atomic E-state index is 0.0292. The molecule has 0 N–H and O–H groups in total. The Hall–Kier alpha value is -3.77. The summed E-state index contributed by atoms with van der Waals surface area (Å²) >= 11 is 0. The molecule has 7 nitrogen and oxygen atoms in total. The first-order valence-corrected chi connectivity index (χ1v) is 12.8. The third-order valence-electron chi connectivity index (χ3n) is 7.95.